The highest BCUT2D eigenvalue weighted by Gasteiger charge is 2.24. The SMILES string of the molecule is CC(C)(CN=[N+]=[N-])COCC(C)(C)CNC(=O)CCOCCN(CCOCCC=O)CCOCCC(=O)NCC(C)(C)COCC(C)(C)CN=[N+]=[N-]. The summed E-state index contributed by atoms with van der Waals surface area (Å²) in [4.78, 5) is 43.1. The van der Waals surface area contributed by atoms with Gasteiger partial charge in [-0.1, -0.05) is 65.6 Å². The molecule has 17 heteroatoms. The quantitative estimate of drug-likeness (QED) is 0.0306. The van der Waals surface area contributed by atoms with Gasteiger partial charge in [-0.3, -0.25) is 14.5 Å². The summed E-state index contributed by atoms with van der Waals surface area (Å²) in [5.74, 6) is -0.205. The Labute approximate surface area is 310 Å². The number of hydrogen-bond acceptors (Lipinski definition) is 11. The summed E-state index contributed by atoms with van der Waals surface area (Å²) in [6, 6.07) is 0. The lowest BCUT2D eigenvalue weighted by Crippen LogP contribution is -2.38. The van der Waals surface area contributed by atoms with E-state index in [1.165, 1.54) is 0 Å². The molecule has 0 rings (SSSR count). The molecule has 0 heterocycles. The van der Waals surface area contributed by atoms with Crippen molar-refractivity contribution in [1.82, 2.24) is 15.5 Å². The van der Waals surface area contributed by atoms with Gasteiger partial charge < -0.3 is 39.1 Å². The number of rotatable bonds is 34. The predicted octanol–water partition coefficient (Wildman–Crippen LogP) is 4.70. The van der Waals surface area contributed by atoms with E-state index in [9.17, 15) is 14.4 Å². The Morgan fingerprint density at radius 2 is 0.962 bits per heavy atom. The van der Waals surface area contributed by atoms with Crippen molar-refractivity contribution in [3.05, 3.63) is 20.9 Å². The molecular formula is C35H67N9O8. The van der Waals surface area contributed by atoms with Crippen molar-refractivity contribution in [1.29, 1.82) is 0 Å². The molecule has 2 N–H and O–H groups in total. The fourth-order valence-corrected chi connectivity index (χ4v) is 4.38. The Kier molecular flexibility index (Phi) is 26.0. The monoisotopic (exact) mass is 742 g/mol. The van der Waals surface area contributed by atoms with Crippen molar-refractivity contribution in [3.8, 4) is 0 Å². The maximum absolute atomic E-state index is 12.4. The molecule has 0 saturated carbocycles. The summed E-state index contributed by atoms with van der Waals surface area (Å²) in [7, 11) is 0. The van der Waals surface area contributed by atoms with E-state index < -0.39 is 0 Å². The van der Waals surface area contributed by atoms with E-state index in [1.54, 1.807) is 0 Å². The first-order valence-corrected chi connectivity index (χ1v) is 18.1. The molecule has 0 aromatic carbocycles. The van der Waals surface area contributed by atoms with E-state index in [1.807, 2.05) is 55.4 Å². The molecule has 0 radical (unpaired) electrons. The highest BCUT2D eigenvalue weighted by Crippen LogP contribution is 2.21. The summed E-state index contributed by atoms with van der Waals surface area (Å²) in [5, 5.41) is 13.2. The van der Waals surface area contributed by atoms with Gasteiger partial charge in [-0.05, 0) is 21.9 Å². The molecule has 2 amide bonds. The third-order valence-electron chi connectivity index (χ3n) is 7.61. The maximum atomic E-state index is 12.4. The maximum Gasteiger partial charge on any atom is 0.222 e. The van der Waals surface area contributed by atoms with Crippen LogP contribution in [0.25, 0.3) is 20.9 Å². The van der Waals surface area contributed by atoms with Gasteiger partial charge in [0.05, 0.1) is 66.1 Å². The average molecular weight is 742 g/mol. The standard InChI is InChI=1S/C35H67N9O8/c1-32(2,26-51-28-34(5,6)24-40-42-36)22-38-30(46)10-17-49-20-13-44(12-19-48-16-9-15-45)14-21-50-18-11-31(47)39-23-33(3,4)27-52-29-35(7,8)25-41-43-37/h15H,9-14,16-29H2,1-8H3,(H,38,46)(H,39,47). The molecule has 0 bridgehead atoms. The molecule has 0 fully saturated rings. The molecule has 52 heavy (non-hydrogen) atoms. The lowest BCUT2D eigenvalue weighted by Gasteiger charge is -2.28. The van der Waals surface area contributed by atoms with E-state index in [2.05, 4.69) is 35.6 Å². The highest BCUT2D eigenvalue weighted by molar-refractivity contribution is 5.76. The fraction of sp³-hybridized carbons (Fsp3) is 0.914. The van der Waals surface area contributed by atoms with Gasteiger partial charge in [-0.2, -0.15) is 0 Å². The Morgan fingerprint density at radius 1 is 0.596 bits per heavy atom. The molecule has 0 atom stereocenters. The van der Waals surface area contributed by atoms with Gasteiger partial charge in [0.2, 0.25) is 11.8 Å². The normalized spacial score (nSPS) is 12.2. The van der Waals surface area contributed by atoms with Crippen LogP contribution < -0.4 is 10.6 Å². The van der Waals surface area contributed by atoms with E-state index in [0.717, 1.165) is 6.29 Å². The van der Waals surface area contributed by atoms with Crippen LogP contribution in [0, 0.1) is 21.7 Å². The first-order chi connectivity index (χ1) is 24.5. The molecular weight excluding hydrogens is 674 g/mol. The number of aldehydes is 1. The number of nitrogens with one attached hydrogen (secondary N) is 2. The van der Waals surface area contributed by atoms with Crippen molar-refractivity contribution >= 4 is 18.1 Å². The van der Waals surface area contributed by atoms with Crippen LogP contribution in [0.4, 0.5) is 0 Å². The van der Waals surface area contributed by atoms with Crippen molar-refractivity contribution in [3.63, 3.8) is 0 Å². The van der Waals surface area contributed by atoms with E-state index in [4.69, 9.17) is 34.7 Å². The number of azide groups is 2. The third kappa shape index (κ3) is 29.6. The van der Waals surface area contributed by atoms with Crippen molar-refractivity contribution in [2.75, 3.05) is 112 Å². The lowest BCUT2D eigenvalue weighted by molar-refractivity contribution is -0.123. The van der Waals surface area contributed by atoms with Crippen LogP contribution in [-0.4, -0.2) is 135 Å². The second-order valence-electron chi connectivity index (χ2n) is 16.1. The summed E-state index contributed by atoms with van der Waals surface area (Å²) < 4.78 is 28.7. The zero-order valence-corrected chi connectivity index (χ0v) is 33.1. The molecule has 0 spiro atoms. The minimum Gasteiger partial charge on any atom is -0.380 e. The summed E-state index contributed by atoms with van der Waals surface area (Å²) in [6.07, 6.45) is 1.64. The van der Waals surface area contributed by atoms with Gasteiger partial charge in [0.15, 0.2) is 0 Å². The Hall–Kier alpha value is -3.01. The fourth-order valence-electron chi connectivity index (χ4n) is 4.38. The zero-order valence-electron chi connectivity index (χ0n) is 33.1. The highest BCUT2D eigenvalue weighted by atomic mass is 16.5. The van der Waals surface area contributed by atoms with E-state index in [0.29, 0.717) is 105 Å². The molecule has 0 saturated heterocycles. The lowest BCUT2D eigenvalue weighted by atomic mass is 9.93. The molecule has 0 aliphatic rings. The van der Waals surface area contributed by atoms with Gasteiger partial charge >= 0.3 is 0 Å². The molecule has 0 aromatic rings. The van der Waals surface area contributed by atoms with E-state index >= 15 is 0 Å². The first-order valence-electron chi connectivity index (χ1n) is 18.1. The van der Waals surface area contributed by atoms with Crippen LogP contribution >= 0.6 is 0 Å². The topological polar surface area (TPSA) is 222 Å². The second-order valence-corrected chi connectivity index (χ2v) is 16.1. The molecule has 0 aliphatic carbocycles. The molecule has 0 aromatic heterocycles. The average Bonchev–Trinajstić information content (AvgIpc) is 3.07. The first kappa shape index (κ1) is 49.0. The number of amides is 2. The Bertz CT molecular complexity index is 1030. The number of carbonyl (C=O) groups is 3. The van der Waals surface area contributed by atoms with Crippen molar-refractivity contribution in [2.45, 2.75) is 74.7 Å². The molecule has 300 valence electrons. The molecule has 0 unspecified atom stereocenters. The smallest absolute Gasteiger partial charge is 0.222 e. The van der Waals surface area contributed by atoms with Crippen molar-refractivity contribution in [2.24, 2.45) is 31.9 Å². The predicted molar refractivity (Wildman–Crippen MR) is 200 cm³/mol. The van der Waals surface area contributed by atoms with Gasteiger partial charge in [0.25, 0.3) is 0 Å². The third-order valence-corrected chi connectivity index (χ3v) is 7.61. The summed E-state index contributed by atoms with van der Waals surface area (Å²) in [5.41, 5.74) is 16.0. The number of hydrogen-bond donors (Lipinski definition) is 2. The molecule has 0 aliphatic heterocycles. The van der Waals surface area contributed by atoms with Crippen LogP contribution in [0.1, 0.15) is 74.7 Å². The van der Waals surface area contributed by atoms with Crippen LogP contribution in [0.3, 0.4) is 0 Å². The largest absolute Gasteiger partial charge is 0.380 e. The number of ether oxygens (including phenoxy) is 5. The Balaban J connectivity index is 4.40. The Morgan fingerprint density at radius 3 is 1.33 bits per heavy atom. The van der Waals surface area contributed by atoms with Crippen LogP contribution in [-0.2, 0) is 38.1 Å². The van der Waals surface area contributed by atoms with Gasteiger partial charge in [0.1, 0.15) is 6.29 Å². The minimum absolute atomic E-state index is 0.102. The number of nitrogens with zero attached hydrogens (tertiary/aromatic N) is 7. The summed E-state index contributed by atoms with van der Waals surface area (Å²) >= 11 is 0. The minimum atomic E-state index is -0.272. The van der Waals surface area contributed by atoms with Crippen molar-refractivity contribution < 1.29 is 38.1 Å². The number of carbonyl (C=O) groups excluding carboxylic acids is 3. The van der Waals surface area contributed by atoms with Crippen LogP contribution in [0.5, 0.6) is 0 Å². The molecule has 17 nitrogen and oxygen atoms in total. The van der Waals surface area contributed by atoms with Gasteiger partial charge in [-0.25, -0.2) is 0 Å². The van der Waals surface area contributed by atoms with E-state index in [-0.39, 0.29) is 59.5 Å². The summed E-state index contributed by atoms with van der Waals surface area (Å²) in [6.45, 7) is 23.4. The van der Waals surface area contributed by atoms with Crippen LogP contribution in [0.2, 0.25) is 0 Å². The van der Waals surface area contributed by atoms with Gasteiger partial charge in [-0.15, -0.1) is 0 Å². The van der Waals surface area contributed by atoms with Gasteiger partial charge in [0, 0.05) is 85.7 Å². The zero-order chi connectivity index (χ0) is 39.4. The second kappa shape index (κ2) is 27.6. The van der Waals surface area contributed by atoms with Crippen LogP contribution in [0.15, 0.2) is 10.2 Å².